The van der Waals surface area contributed by atoms with Crippen LogP contribution in [0.2, 0.25) is 0 Å². The summed E-state index contributed by atoms with van der Waals surface area (Å²) in [5, 5.41) is 0. The first-order valence-electron chi connectivity index (χ1n) is 8.54. The molecule has 0 aromatic carbocycles. The Morgan fingerprint density at radius 2 is 1.71 bits per heavy atom. The Bertz CT molecular complexity index is 324. The molecular weight excluding hydrogens is 264 g/mol. The third-order valence-corrected chi connectivity index (χ3v) is 5.04. The number of piperidine rings is 1. The third kappa shape index (κ3) is 5.26. The molecule has 2 heterocycles. The van der Waals surface area contributed by atoms with Gasteiger partial charge in [-0.2, -0.15) is 0 Å². The average Bonchev–Trinajstić information content (AvgIpc) is 2.47. The minimum Gasteiger partial charge on any atom is -0.378 e. The Kier molecular flexibility index (Phi) is 6.06. The monoisotopic (exact) mass is 296 g/mol. The van der Waals surface area contributed by atoms with Gasteiger partial charge in [-0.3, -0.25) is 4.79 Å². The molecule has 0 radical (unpaired) electrons. The fraction of sp³-hybridized carbons (Fsp3) is 0.941. The van der Waals surface area contributed by atoms with Crippen LogP contribution in [0.15, 0.2) is 0 Å². The molecule has 122 valence electrons. The molecule has 0 unspecified atom stereocenters. The quantitative estimate of drug-likeness (QED) is 0.798. The number of rotatable bonds is 4. The molecule has 21 heavy (non-hydrogen) atoms. The molecule has 0 bridgehead atoms. The zero-order valence-corrected chi connectivity index (χ0v) is 14.1. The van der Waals surface area contributed by atoms with Gasteiger partial charge < -0.3 is 14.5 Å². The van der Waals surface area contributed by atoms with Gasteiger partial charge in [0.05, 0.1) is 13.2 Å². The molecule has 2 rings (SSSR count). The number of ether oxygens (including phenoxy) is 1. The van der Waals surface area contributed by atoms with Crippen LogP contribution in [0.3, 0.4) is 0 Å². The summed E-state index contributed by atoms with van der Waals surface area (Å²) in [4.78, 5) is 16.6. The normalized spacial score (nSPS) is 22.5. The molecule has 4 nitrogen and oxygen atoms in total. The van der Waals surface area contributed by atoms with E-state index in [2.05, 4.69) is 25.7 Å². The summed E-state index contributed by atoms with van der Waals surface area (Å²) >= 11 is 0. The van der Waals surface area contributed by atoms with Crippen molar-refractivity contribution in [3.05, 3.63) is 0 Å². The predicted octanol–water partition coefficient (Wildman–Crippen LogP) is 2.38. The Hall–Kier alpha value is -0.610. The summed E-state index contributed by atoms with van der Waals surface area (Å²) in [5.41, 5.74) is 0.443. The maximum absolute atomic E-state index is 12.1. The molecule has 1 amide bonds. The van der Waals surface area contributed by atoms with Gasteiger partial charge in [0, 0.05) is 19.5 Å². The molecule has 4 heteroatoms. The lowest BCUT2D eigenvalue weighted by molar-refractivity contribution is -0.135. The first-order valence-corrected chi connectivity index (χ1v) is 8.54. The number of carbonyl (C=O) groups is 1. The van der Waals surface area contributed by atoms with E-state index in [1.807, 2.05) is 4.90 Å². The number of hydrogen-bond donors (Lipinski definition) is 0. The van der Waals surface area contributed by atoms with Crippen LogP contribution in [0, 0.1) is 11.3 Å². The molecule has 0 spiro atoms. The zero-order chi connectivity index (χ0) is 15.3. The molecule has 0 aromatic rings. The summed E-state index contributed by atoms with van der Waals surface area (Å²) < 4.78 is 5.28. The van der Waals surface area contributed by atoms with Gasteiger partial charge in [-0.25, -0.2) is 0 Å². The topological polar surface area (TPSA) is 32.8 Å². The van der Waals surface area contributed by atoms with E-state index in [0.29, 0.717) is 31.0 Å². The van der Waals surface area contributed by atoms with Crippen molar-refractivity contribution >= 4 is 5.91 Å². The number of nitrogens with zero attached hydrogens (tertiary/aromatic N) is 2. The molecule has 0 N–H and O–H groups in total. The molecule has 2 aliphatic heterocycles. The Labute approximate surface area is 129 Å². The molecule has 0 saturated carbocycles. The summed E-state index contributed by atoms with van der Waals surface area (Å²) in [6.07, 6.45) is 4.30. The Balaban J connectivity index is 1.60. The Morgan fingerprint density at radius 1 is 1.10 bits per heavy atom. The molecule has 2 aliphatic rings. The number of morpholine rings is 1. The van der Waals surface area contributed by atoms with Crippen LogP contribution < -0.4 is 0 Å². The van der Waals surface area contributed by atoms with Crippen molar-refractivity contribution in [3.63, 3.8) is 0 Å². The van der Waals surface area contributed by atoms with Gasteiger partial charge in [-0.15, -0.1) is 0 Å². The summed E-state index contributed by atoms with van der Waals surface area (Å²) in [6.45, 7) is 13.5. The molecule has 0 aliphatic carbocycles. The van der Waals surface area contributed by atoms with Gasteiger partial charge in [0.25, 0.3) is 0 Å². The van der Waals surface area contributed by atoms with Crippen LogP contribution in [-0.2, 0) is 9.53 Å². The maximum Gasteiger partial charge on any atom is 0.222 e. The molecule has 0 aromatic heterocycles. The molecule has 0 atom stereocenters. The van der Waals surface area contributed by atoms with Crippen LogP contribution in [-0.4, -0.2) is 61.6 Å². The zero-order valence-electron chi connectivity index (χ0n) is 14.1. The van der Waals surface area contributed by atoms with Gasteiger partial charge in [0.2, 0.25) is 5.91 Å². The molecular formula is C17H32N2O2. The first-order chi connectivity index (χ1) is 9.97. The van der Waals surface area contributed by atoms with E-state index in [1.165, 1.54) is 25.9 Å². The van der Waals surface area contributed by atoms with Crippen molar-refractivity contribution < 1.29 is 9.53 Å². The third-order valence-electron chi connectivity index (χ3n) is 5.04. The number of carbonyl (C=O) groups excluding carboxylic acids is 1. The van der Waals surface area contributed by atoms with E-state index in [9.17, 15) is 4.79 Å². The van der Waals surface area contributed by atoms with Crippen molar-refractivity contribution in [2.24, 2.45) is 11.3 Å². The summed E-state index contributed by atoms with van der Waals surface area (Å²) in [6, 6.07) is 0. The smallest absolute Gasteiger partial charge is 0.222 e. The highest BCUT2D eigenvalue weighted by Gasteiger charge is 2.28. The van der Waals surface area contributed by atoms with Crippen LogP contribution >= 0.6 is 0 Å². The van der Waals surface area contributed by atoms with Gasteiger partial charge in [-0.05, 0) is 50.2 Å². The van der Waals surface area contributed by atoms with E-state index < -0.39 is 0 Å². The SMILES string of the molecule is CC(C)(C)C1CCN(CCCC(=O)N2CCOCC2)CC1. The van der Waals surface area contributed by atoms with E-state index in [0.717, 1.165) is 32.0 Å². The predicted molar refractivity (Wildman–Crippen MR) is 85.3 cm³/mol. The minimum atomic E-state index is 0.308. The largest absolute Gasteiger partial charge is 0.378 e. The second-order valence-corrected chi connectivity index (χ2v) is 7.58. The number of hydrogen-bond acceptors (Lipinski definition) is 3. The van der Waals surface area contributed by atoms with E-state index in [-0.39, 0.29) is 0 Å². The first kappa shape index (κ1) is 16.8. The van der Waals surface area contributed by atoms with Crippen LogP contribution in [0.1, 0.15) is 46.5 Å². The highest BCUT2D eigenvalue weighted by Crippen LogP contribution is 2.34. The van der Waals surface area contributed by atoms with Crippen LogP contribution in [0.5, 0.6) is 0 Å². The summed E-state index contributed by atoms with van der Waals surface area (Å²) in [7, 11) is 0. The Morgan fingerprint density at radius 3 is 2.29 bits per heavy atom. The van der Waals surface area contributed by atoms with Gasteiger partial charge in [-0.1, -0.05) is 20.8 Å². The van der Waals surface area contributed by atoms with Crippen molar-refractivity contribution in [1.29, 1.82) is 0 Å². The van der Waals surface area contributed by atoms with Crippen molar-refractivity contribution in [1.82, 2.24) is 9.80 Å². The van der Waals surface area contributed by atoms with Gasteiger partial charge in [0.15, 0.2) is 0 Å². The van der Waals surface area contributed by atoms with Crippen LogP contribution in [0.25, 0.3) is 0 Å². The van der Waals surface area contributed by atoms with Crippen molar-refractivity contribution in [3.8, 4) is 0 Å². The van der Waals surface area contributed by atoms with Gasteiger partial charge in [0.1, 0.15) is 0 Å². The minimum absolute atomic E-state index is 0.308. The highest BCUT2D eigenvalue weighted by molar-refractivity contribution is 5.76. The second-order valence-electron chi connectivity index (χ2n) is 7.58. The standard InChI is InChI=1S/C17H32N2O2/c1-17(2,3)15-6-9-18(10-7-15)8-4-5-16(20)19-11-13-21-14-12-19/h15H,4-14H2,1-3H3. The lowest BCUT2D eigenvalue weighted by Crippen LogP contribution is -2.41. The molecule has 2 saturated heterocycles. The number of likely N-dealkylation sites (tertiary alicyclic amines) is 1. The van der Waals surface area contributed by atoms with E-state index >= 15 is 0 Å². The maximum atomic E-state index is 12.1. The van der Waals surface area contributed by atoms with Crippen LogP contribution in [0.4, 0.5) is 0 Å². The highest BCUT2D eigenvalue weighted by atomic mass is 16.5. The lowest BCUT2D eigenvalue weighted by Gasteiger charge is -2.38. The van der Waals surface area contributed by atoms with E-state index in [4.69, 9.17) is 4.74 Å². The molecule has 2 fully saturated rings. The number of amides is 1. The van der Waals surface area contributed by atoms with Gasteiger partial charge >= 0.3 is 0 Å². The van der Waals surface area contributed by atoms with Crippen molar-refractivity contribution in [2.75, 3.05) is 45.9 Å². The average molecular weight is 296 g/mol. The van der Waals surface area contributed by atoms with Crippen molar-refractivity contribution in [2.45, 2.75) is 46.5 Å². The fourth-order valence-corrected chi connectivity index (χ4v) is 3.45. The van der Waals surface area contributed by atoms with E-state index in [1.54, 1.807) is 0 Å². The second kappa shape index (κ2) is 7.59. The lowest BCUT2D eigenvalue weighted by atomic mass is 9.75. The summed E-state index contributed by atoms with van der Waals surface area (Å²) in [5.74, 6) is 1.16. The fourth-order valence-electron chi connectivity index (χ4n) is 3.45.